The molecule has 0 fully saturated rings. The zero-order chi connectivity index (χ0) is 13.2. The van der Waals surface area contributed by atoms with E-state index >= 15 is 0 Å². The van der Waals surface area contributed by atoms with Gasteiger partial charge in [0.05, 0.1) is 17.6 Å². The summed E-state index contributed by atoms with van der Waals surface area (Å²) in [7, 11) is 1.90. The van der Waals surface area contributed by atoms with Crippen LogP contribution >= 0.6 is 0 Å². The van der Waals surface area contributed by atoms with E-state index in [9.17, 15) is 0 Å². The number of nitrogens with one attached hydrogen (secondary N) is 1. The van der Waals surface area contributed by atoms with Crippen molar-refractivity contribution in [3.8, 4) is 0 Å². The minimum atomic E-state index is 0.674. The third-order valence-corrected chi connectivity index (χ3v) is 2.97. The Morgan fingerprint density at radius 3 is 2.79 bits per heavy atom. The predicted octanol–water partition coefficient (Wildman–Crippen LogP) is 1.68. The van der Waals surface area contributed by atoms with E-state index in [1.165, 1.54) is 6.33 Å². The van der Waals surface area contributed by atoms with Gasteiger partial charge in [-0.05, 0) is 13.0 Å². The van der Waals surface area contributed by atoms with E-state index in [1.54, 1.807) is 17.1 Å². The fraction of sp³-hybridized carbons (Fsp3) is 0.231. The highest BCUT2D eigenvalue weighted by molar-refractivity contribution is 5.81. The highest BCUT2D eigenvalue weighted by Gasteiger charge is 2.06. The normalized spacial score (nSPS) is 10.8. The molecule has 0 aliphatic heterocycles. The van der Waals surface area contributed by atoms with Crippen molar-refractivity contribution in [3.05, 3.63) is 42.2 Å². The summed E-state index contributed by atoms with van der Waals surface area (Å²) in [4.78, 5) is 12.4. The molecule has 0 spiro atoms. The summed E-state index contributed by atoms with van der Waals surface area (Å²) in [5.74, 6) is 0. The van der Waals surface area contributed by atoms with Gasteiger partial charge in [0.2, 0.25) is 0 Å². The van der Waals surface area contributed by atoms with Crippen molar-refractivity contribution in [3.63, 3.8) is 0 Å². The van der Waals surface area contributed by atoms with E-state index in [1.807, 2.05) is 20.2 Å². The van der Waals surface area contributed by atoms with Crippen molar-refractivity contribution in [2.24, 2.45) is 7.05 Å². The SMILES string of the molecule is Cc1nn(C)c2ncc(NCc3cncnc3)cc12. The Morgan fingerprint density at radius 1 is 1.21 bits per heavy atom. The standard InChI is InChI=1S/C13H14N6/c1-9-12-3-11(7-17-13(12)19(2)18-9)16-6-10-4-14-8-15-5-10/h3-5,7-8,16H,6H2,1-2H3. The molecule has 0 amide bonds. The fourth-order valence-corrected chi connectivity index (χ4v) is 2.03. The maximum Gasteiger partial charge on any atom is 0.157 e. The molecule has 0 radical (unpaired) electrons. The van der Waals surface area contributed by atoms with Crippen molar-refractivity contribution in [1.82, 2.24) is 24.7 Å². The summed E-state index contributed by atoms with van der Waals surface area (Å²) in [6.45, 7) is 2.66. The van der Waals surface area contributed by atoms with Crippen LogP contribution in [0.1, 0.15) is 11.3 Å². The maximum atomic E-state index is 4.42. The summed E-state index contributed by atoms with van der Waals surface area (Å²) in [5, 5.41) is 8.73. The second-order valence-electron chi connectivity index (χ2n) is 4.40. The van der Waals surface area contributed by atoms with Crippen LogP contribution in [-0.2, 0) is 13.6 Å². The Kier molecular flexibility index (Phi) is 2.83. The molecule has 96 valence electrons. The smallest absolute Gasteiger partial charge is 0.157 e. The van der Waals surface area contributed by atoms with Crippen LogP contribution in [0.2, 0.25) is 0 Å². The average Bonchev–Trinajstić information content (AvgIpc) is 2.73. The molecule has 3 heterocycles. The lowest BCUT2D eigenvalue weighted by atomic mass is 10.2. The first-order valence-corrected chi connectivity index (χ1v) is 6.01. The topological polar surface area (TPSA) is 68.5 Å². The Balaban J connectivity index is 1.84. The van der Waals surface area contributed by atoms with Crippen LogP contribution in [0.5, 0.6) is 0 Å². The summed E-state index contributed by atoms with van der Waals surface area (Å²) < 4.78 is 1.79. The van der Waals surface area contributed by atoms with E-state index in [-0.39, 0.29) is 0 Å². The summed E-state index contributed by atoms with van der Waals surface area (Å²) in [6, 6.07) is 2.06. The van der Waals surface area contributed by atoms with E-state index in [2.05, 4.69) is 31.4 Å². The van der Waals surface area contributed by atoms with Gasteiger partial charge in [-0.15, -0.1) is 0 Å². The summed E-state index contributed by atoms with van der Waals surface area (Å²) >= 11 is 0. The van der Waals surface area contributed by atoms with Crippen LogP contribution in [0.3, 0.4) is 0 Å². The number of aryl methyl sites for hydroxylation is 2. The van der Waals surface area contributed by atoms with E-state index in [0.29, 0.717) is 6.54 Å². The molecule has 3 aromatic rings. The van der Waals surface area contributed by atoms with Crippen molar-refractivity contribution >= 4 is 16.7 Å². The number of pyridine rings is 1. The van der Waals surface area contributed by atoms with Gasteiger partial charge in [0.25, 0.3) is 0 Å². The average molecular weight is 254 g/mol. The van der Waals surface area contributed by atoms with Gasteiger partial charge in [0, 0.05) is 36.9 Å². The number of rotatable bonds is 3. The lowest BCUT2D eigenvalue weighted by molar-refractivity contribution is 0.774. The van der Waals surface area contributed by atoms with E-state index in [4.69, 9.17) is 0 Å². The first-order chi connectivity index (χ1) is 9.24. The number of hydrogen-bond acceptors (Lipinski definition) is 5. The molecule has 0 aromatic carbocycles. The van der Waals surface area contributed by atoms with Crippen LogP contribution in [-0.4, -0.2) is 24.7 Å². The van der Waals surface area contributed by atoms with Crippen LogP contribution in [0, 0.1) is 6.92 Å². The largest absolute Gasteiger partial charge is 0.380 e. The van der Waals surface area contributed by atoms with Gasteiger partial charge < -0.3 is 5.32 Å². The van der Waals surface area contributed by atoms with Crippen LogP contribution in [0.15, 0.2) is 31.0 Å². The summed E-state index contributed by atoms with van der Waals surface area (Å²) in [6.07, 6.45) is 6.92. The van der Waals surface area contributed by atoms with Gasteiger partial charge >= 0.3 is 0 Å². The molecule has 0 aliphatic carbocycles. The van der Waals surface area contributed by atoms with Gasteiger partial charge in [-0.3, -0.25) is 4.68 Å². The molecule has 0 unspecified atom stereocenters. The van der Waals surface area contributed by atoms with Gasteiger partial charge in [0.15, 0.2) is 5.65 Å². The molecule has 0 atom stereocenters. The monoisotopic (exact) mass is 254 g/mol. The number of anilines is 1. The van der Waals surface area contributed by atoms with Gasteiger partial charge in [0.1, 0.15) is 6.33 Å². The molecule has 6 nitrogen and oxygen atoms in total. The van der Waals surface area contributed by atoms with Crippen molar-refractivity contribution in [1.29, 1.82) is 0 Å². The molecular weight excluding hydrogens is 240 g/mol. The minimum absolute atomic E-state index is 0.674. The van der Waals surface area contributed by atoms with Crippen LogP contribution in [0.25, 0.3) is 11.0 Å². The molecule has 0 bridgehead atoms. The quantitative estimate of drug-likeness (QED) is 0.770. The minimum Gasteiger partial charge on any atom is -0.380 e. The van der Waals surface area contributed by atoms with Crippen molar-refractivity contribution in [2.45, 2.75) is 13.5 Å². The fourth-order valence-electron chi connectivity index (χ4n) is 2.03. The van der Waals surface area contributed by atoms with Crippen molar-refractivity contribution in [2.75, 3.05) is 5.32 Å². The van der Waals surface area contributed by atoms with Crippen LogP contribution in [0.4, 0.5) is 5.69 Å². The number of hydrogen-bond donors (Lipinski definition) is 1. The Hall–Kier alpha value is -2.50. The lowest BCUT2D eigenvalue weighted by Gasteiger charge is -2.05. The third-order valence-electron chi connectivity index (χ3n) is 2.97. The highest BCUT2D eigenvalue weighted by Crippen LogP contribution is 2.19. The van der Waals surface area contributed by atoms with Gasteiger partial charge in [-0.25, -0.2) is 15.0 Å². The molecule has 3 rings (SSSR count). The first-order valence-electron chi connectivity index (χ1n) is 6.01. The molecule has 0 aliphatic rings. The Bertz CT molecular complexity index is 704. The Labute approximate surface area is 110 Å². The number of aromatic nitrogens is 5. The predicted molar refractivity (Wildman–Crippen MR) is 72.6 cm³/mol. The van der Waals surface area contributed by atoms with Gasteiger partial charge in [-0.2, -0.15) is 5.10 Å². The molecule has 19 heavy (non-hydrogen) atoms. The first kappa shape index (κ1) is 11.6. The molecule has 3 aromatic heterocycles. The second-order valence-corrected chi connectivity index (χ2v) is 4.40. The Morgan fingerprint density at radius 2 is 2.00 bits per heavy atom. The number of nitrogens with zero attached hydrogens (tertiary/aromatic N) is 5. The van der Waals surface area contributed by atoms with Crippen molar-refractivity contribution < 1.29 is 0 Å². The molecule has 0 saturated carbocycles. The zero-order valence-electron chi connectivity index (χ0n) is 10.8. The lowest BCUT2D eigenvalue weighted by Crippen LogP contribution is -2.01. The van der Waals surface area contributed by atoms with Crippen LogP contribution < -0.4 is 5.32 Å². The molecular formula is C13H14N6. The zero-order valence-corrected chi connectivity index (χ0v) is 10.8. The second kappa shape index (κ2) is 4.64. The summed E-state index contributed by atoms with van der Waals surface area (Å²) in [5.41, 5.74) is 3.88. The molecule has 0 saturated heterocycles. The third kappa shape index (κ3) is 2.24. The highest BCUT2D eigenvalue weighted by atomic mass is 15.3. The molecule has 1 N–H and O–H groups in total. The number of fused-ring (bicyclic) bond motifs is 1. The van der Waals surface area contributed by atoms with Gasteiger partial charge in [-0.1, -0.05) is 0 Å². The molecule has 6 heteroatoms. The van der Waals surface area contributed by atoms with E-state index < -0.39 is 0 Å². The van der Waals surface area contributed by atoms with E-state index in [0.717, 1.165) is 28.0 Å². The maximum absolute atomic E-state index is 4.42.